The van der Waals surface area contributed by atoms with Crippen LogP contribution in [0.3, 0.4) is 0 Å². The van der Waals surface area contributed by atoms with Crippen LogP contribution < -0.4 is 5.32 Å². The molecule has 0 saturated carbocycles. The minimum atomic E-state index is -0.590. The molecule has 96 valence electrons. The van der Waals surface area contributed by atoms with Crippen molar-refractivity contribution in [1.29, 1.82) is 5.26 Å². The molecule has 0 saturated heterocycles. The number of hydrogen-bond donors (Lipinski definition) is 1. The Bertz CT molecular complexity index is 617. The molecule has 0 spiro atoms. The van der Waals surface area contributed by atoms with Gasteiger partial charge < -0.3 is 5.32 Å². The van der Waals surface area contributed by atoms with Crippen molar-refractivity contribution >= 4 is 11.5 Å². The third kappa shape index (κ3) is 3.01. The number of rotatable bonds is 5. The highest BCUT2D eigenvalue weighted by Crippen LogP contribution is 2.17. The maximum atomic E-state index is 10.6. The molecule has 2 heterocycles. The molecule has 0 fully saturated rings. The molecule has 0 radical (unpaired) electrons. The normalized spacial score (nSPS) is 9.84. The maximum Gasteiger partial charge on any atom is 0.289 e. The molecule has 0 atom stereocenters. The van der Waals surface area contributed by atoms with Gasteiger partial charge in [0.25, 0.3) is 5.69 Å². The van der Waals surface area contributed by atoms with Crippen molar-refractivity contribution in [2.24, 2.45) is 0 Å². The first kappa shape index (κ1) is 12.4. The van der Waals surface area contributed by atoms with Crippen LogP contribution >= 0.6 is 0 Å². The summed E-state index contributed by atoms with van der Waals surface area (Å²) in [5, 5.41) is 29.9. The fourth-order valence-electron chi connectivity index (χ4n) is 1.42. The first-order valence-corrected chi connectivity index (χ1v) is 5.33. The summed E-state index contributed by atoms with van der Waals surface area (Å²) in [6.45, 7) is 1.02. The molecular weight excluding hydrogens is 250 g/mol. The van der Waals surface area contributed by atoms with E-state index in [4.69, 9.17) is 5.26 Å². The molecule has 19 heavy (non-hydrogen) atoms. The van der Waals surface area contributed by atoms with Crippen molar-refractivity contribution < 1.29 is 4.92 Å². The summed E-state index contributed by atoms with van der Waals surface area (Å²) in [6, 6.07) is 3.06. The monoisotopic (exact) mass is 259 g/mol. The average molecular weight is 259 g/mol. The zero-order valence-electron chi connectivity index (χ0n) is 9.72. The Morgan fingerprint density at radius 3 is 3.05 bits per heavy atom. The van der Waals surface area contributed by atoms with Crippen LogP contribution in [-0.4, -0.2) is 31.4 Å². The maximum absolute atomic E-state index is 10.6. The van der Waals surface area contributed by atoms with E-state index in [-0.39, 0.29) is 11.3 Å². The van der Waals surface area contributed by atoms with Crippen LogP contribution in [0.1, 0.15) is 5.56 Å². The van der Waals surface area contributed by atoms with Gasteiger partial charge in [-0.2, -0.15) is 5.26 Å². The first-order chi connectivity index (χ1) is 9.20. The van der Waals surface area contributed by atoms with Gasteiger partial charge in [-0.25, -0.2) is 4.98 Å². The fraction of sp³-hybridized carbons (Fsp3) is 0.200. The summed E-state index contributed by atoms with van der Waals surface area (Å²) < 4.78 is 1.62. The molecule has 0 amide bonds. The van der Waals surface area contributed by atoms with Gasteiger partial charge in [0.1, 0.15) is 23.6 Å². The van der Waals surface area contributed by atoms with Crippen LogP contribution in [0.25, 0.3) is 0 Å². The largest absolute Gasteiger partial charge is 0.367 e. The van der Waals surface area contributed by atoms with Crippen LogP contribution in [-0.2, 0) is 6.54 Å². The first-order valence-electron chi connectivity index (χ1n) is 5.33. The number of anilines is 1. The van der Waals surface area contributed by atoms with E-state index in [1.165, 1.54) is 6.07 Å². The number of pyridine rings is 1. The Kier molecular flexibility index (Phi) is 3.63. The molecule has 0 aliphatic heterocycles. The third-order valence-corrected chi connectivity index (χ3v) is 2.31. The average Bonchev–Trinajstić information content (AvgIpc) is 2.92. The van der Waals surface area contributed by atoms with Gasteiger partial charge in [0, 0.05) is 18.8 Å². The number of nitrogens with zero attached hydrogens (tertiary/aromatic N) is 6. The molecule has 2 aromatic heterocycles. The molecule has 0 unspecified atom stereocenters. The highest BCUT2D eigenvalue weighted by Gasteiger charge is 2.11. The molecule has 0 aliphatic rings. The van der Waals surface area contributed by atoms with Crippen molar-refractivity contribution in [3.8, 4) is 6.07 Å². The second-order valence-electron chi connectivity index (χ2n) is 3.55. The van der Waals surface area contributed by atoms with E-state index in [0.29, 0.717) is 18.9 Å². The van der Waals surface area contributed by atoms with Crippen LogP contribution in [0.4, 0.5) is 11.5 Å². The Labute approximate surface area is 107 Å². The van der Waals surface area contributed by atoms with E-state index in [2.05, 4.69) is 20.6 Å². The van der Waals surface area contributed by atoms with Gasteiger partial charge in [-0.3, -0.25) is 14.8 Å². The summed E-state index contributed by atoms with van der Waals surface area (Å²) in [7, 11) is 0. The van der Waals surface area contributed by atoms with Crippen molar-refractivity contribution in [3.05, 3.63) is 40.3 Å². The van der Waals surface area contributed by atoms with Crippen molar-refractivity contribution in [2.75, 3.05) is 11.9 Å². The Hall–Kier alpha value is -3.02. The van der Waals surface area contributed by atoms with Gasteiger partial charge in [-0.05, 0) is 0 Å². The zero-order valence-corrected chi connectivity index (χ0v) is 9.72. The van der Waals surface area contributed by atoms with Crippen LogP contribution in [0.15, 0.2) is 24.7 Å². The highest BCUT2D eigenvalue weighted by molar-refractivity contribution is 5.55. The van der Waals surface area contributed by atoms with Gasteiger partial charge in [-0.15, -0.1) is 5.10 Å². The van der Waals surface area contributed by atoms with E-state index in [1.54, 1.807) is 17.1 Å². The van der Waals surface area contributed by atoms with E-state index in [9.17, 15) is 10.1 Å². The second kappa shape index (κ2) is 5.54. The minimum absolute atomic E-state index is 0.132. The molecule has 0 aromatic carbocycles. The Balaban J connectivity index is 2.04. The topological polar surface area (TPSA) is 123 Å². The van der Waals surface area contributed by atoms with E-state index >= 15 is 0 Å². The van der Waals surface area contributed by atoms with E-state index in [0.717, 1.165) is 6.20 Å². The van der Waals surface area contributed by atoms with Gasteiger partial charge in [0.15, 0.2) is 0 Å². The Morgan fingerprint density at radius 1 is 1.58 bits per heavy atom. The summed E-state index contributed by atoms with van der Waals surface area (Å²) in [5.74, 6) is 0.313. The lowest BCUT2D eigenvalue weighted by Gasteiger charge is -2.06. The SMILES string of the molecule is N#Cc1cc([N+](=O)[O-])cnc1NCCn1ccnn1. The summed E-state index contributed by atoms with van der Waals surface area (Å²) in [6.07, 6.45) is 4.37. The lowest BCUT2D eigenvalue weighted by Crippen LogP contribution is -2.12. The van der Waals surface area contributed by atoms with Crippen molar-refractivity contribution in [3.63, 3.8) is 0 Å². The van der Waals surface area contributed by atoms with Crippen LogP contribution in [0.2, 0.25) is 0 Å². The number of aromatic nitrogens is 4. The molecule has 1 N–H and O–H groups in total. The summed E-state index contributed by atoms with van der Waals surface area (Å²) in [4.78, 5) is 13.8. The van der Waals surface area contributed by atoms with Gasteiger partial charge >= 0.3 is 0 Å². The predicted octanol–water partition coefficient (Wildman–Crippen LogP) is 0.565. The lowest BCUT2D eigenvalue weighted by atomic mass is 10.2. The quantitative estimate of drug-likeness (QED) is 0.614. The molecule has 9 nitrogen and oxygen atoms in total. The number of hydrogen-bond acceptors (Lipinski definition) is 7. The smallest absolute Gasteiger partial charge is 0.289 e. The third-order valence-electron chi connectivity index (χ3n) is 2.31. The summed E-state index contributed by atoms with van der Waals surface area (Å²) in [5.41, 5.74) is -0.0776. The van der Waals surface area contributed by atoms with Crippen molar-refractivity contribution in [1.82, 2.24) is 20.0 Å². The van der Waals surface area contributed by atoms with E-state index in [1.807, 2.05) is 6.07 Å². The van der Waals surface area contributed by atoms with Crippen molar-refractivity contribution in [2.45, 2.75) is 6.54 Å². The number of nitrogens with one attached hydrogen (secondary N) is 1. The van der Waals surface area contributed by atoms with E-state index < -0.39 is 4.92 Å². The molecule has 2 rings (SSSR count). The zero-order chi connectivity index (χ0) is 13.7. The highest BCUT2D eigenvalue weighted by atomic mass is 16.6. The minimum Gasteiger partial charge on any atom is -0.367 e. The summed E-state index contributed by atoms with van der Waals surface area (Å²) >= 11 is 0. The second-order valence-corrected chi connectivity index (χ2v) is 3.55. The number of nitriles is 1. The standard InChI is InChI=1S/C10H9N7O2/c11-6-8-5-9(17(18)19)7-13-10(8)12-1-3-16-4-2-14-15-16/h2,4-5,7H,1,3H2,(H,12,13). The molecule has 0 aliphatic carbocycles. The molecule has 2 aromatic rings. The van der Waals surface area contributed by atoms with Crippen LogP contribution in [0, 0.1) is 21.4 Å². The van der Waals surface area contributed by atoms with Crippen LogP contribution in [0.5, 0.6) is 0 Å². The van der Waals surface area contributed by atoms with Gasteiger partial charge in [-0.1, -0.05) is 5.21 Å². The van der Waals surface area contributed by atoms with Gasteiger partial charge in [0.2, 0.25) is 0 Å². The lowest BCUT2D eigenvalue weighted by molar-refractivity contribution is -0.385. The predicted molar refractivity (Wildman–Crippen MR) is 64.1 cm³/mol. The molecule has 0 bridgehead atoms. The fourth-order valence-corrected chi connectivity index (χ4v) is 1.42. The molecular formula is C10H9N7O2. The van der Waals surface area contributed by atoms with Gasteiger partial charge in [0.05, 0.1) is 17.7 Å². The Morgan fingerprint density at radius 2 is 2.42 bits per heavy atom. The molecule has 9 heteroatoms. The number of nitro groups is 1.